The number of carbonyl (C=O) groups excluding carboxylic acids is 4. The summed E-state index contributed by atoms with van der Waals surface area (Å²) in [6, 6.07) is 11.7. The highest BCUT2D eigenvalue weighted by molar-refractivity contribution is 6.21. The summed E-state index contributed by atoms with van der Waals surface area (Å²) in [7, 11) is 0. The number of unbranched alkanes of at least 4 members (excludes halogenated alkanes) is 2. The smallest absolute Gasteiger partial charge is 0.274 e. The maximum absolute atomic E-state index is 12.9. The quantitative estimate of drug-likeness (QED) is 0.284. The predicted molar refractivity (Wildman–Crippen MR) is 132 cm³/mol. The van der Waals surface area contributed by atoms with Crippen molar-refractivity contribution in [3.8, 4) is 0 Å². The summed E-state index contributed by atoms with van der Waals surface area (Å²) in [6.45, 7) is 4.13. The number of aromatic nitrogens is 2. The van der Waals surface area contributed by atoms with E-state index in [9.17, 15) is 24.0 Å². The zero-order valence-electron chi connectivity index (χ0n) is 20.2. The van der Waals surface area contributed by atoms with Crippen LogP contribution in [-0.2, 0) is 11.3 Å². The molecular weight excluding hydrogens is 462 g/mol. The SMILES string of the molecule is CCCCCn1nc(C(=O)NNC(=O)CCN2C(=O)c3ccc(C)cc3C2=O)c2ccccc2c1=O. The molecule has 0 saturated carbocycles. The van der Waals surface area contributed by atoms with E-state index in [0.29, 0.717) is 28.4 Å². The maximum Gasteiger partial charge on any atom is 0.290 e. The number of amides is 4. The number of rotatable bonds is 8. The Morgan fingerprint density at radius 2 is 1.61 bits per heavy atom. The highest BCUT2D eigenvalue weighted by atomic mass is 16.2. The average Bonchev–Trinajstić information content (AvgIpc) is 3.11. The summed E-state index contributed by atoms with van der Waals surface area (Å²) in [4.78, 5) is 64.1. The van der Waals surface area contributed by atoms with Crippen molar-refractivity contribution >= 4 is 34.4 Å². The van der Waals surface area contributed by atoms with E-state index in [1.807, 2.05) is 13.8 Å². The molecule has 2 heterocycles. The molecule has 1 aliphatic rings. The second-order valence-corrected chi connectivity index (χ2v) is 8.69. The Morgan fingerprint density at radius 3 is 2.36 bits per heavy atom. The molecule has 1 aromatic heterocycles. The van der Waals surface area contributed by atoms with Crippen molar-refractivity contribution in [2.24, 2.45) is 0 Å². The van der Waals surface area contributed by atoms with E-state index in [-0.39, 0.29) is 24.2 Å². The van der Waals surface area contributed by atoms with Crippen LogP contribution in [-0.4, -0.2) is 44.9 Å². The van der Waals surface area contributed by atoms with Gasteiger partial charge in [0.25, 0.3) is 23.3 Å². The molecule has 10 nitrogen and oxygen atoms in total. The zero-order valence-corrected chi connectivity index (χ0v) is 20.2. The third-order valence-corrected chi connectivity index (χ3v) is 6.06. The van der Waals surface area contributed by atoms with Crippen molar-refractivity contribution in [1.82, 2.24) is 25.5 Å². The van der Waals surface area contributed by atoms with Gasteiger partial charge in [0.15, 0.2) is 5.69 Å². The number of hydrazine groups is 1. The highest BCUT2D eigenvalue weighted by Gasteiger charge is 2.35. The van der Waals surface area contributed by atoms with Crippen LogP contribution in [0.2, 0.25) is 0 Å². The van der Waals surface area contributed by atoms with Crippen LogP contribution in [0.1, 0.15) is 69.4 Å². The average molecular weight is 490 g/mol. The first-order valence-corrected chi connectivity index (χ1v) is 11.9. The van der Waals surface area contributed by atoms with Gasteiger partial charge >= 0.3 is 0 Å². The molecule has 10 heteroatoms. The maximum atomic E-state index is 12.9. The van der Waals surface area contributed by atoms with Crippen molar-refractivity contribution in [3.63, 3.8) is 0 Å². The van der Waals surface area contributed by atoms with E-state index in [1.165, 1.54) is 4.68 Å². The van der Waals surface area contributed by atoms with Crippen molar-refractivity contribution in [2.75, 3.05) is 6.54 Å². The summed E-state index contributed by atoms with van der Waals surface area (Å²) < 4.78 is 1.28. The summed E-state index contributed by atoms with van der Waals surface area (Å²) in [6.07, 6.45) is 2.44. The first-order valence-electron chi connectivity index (χ1n) is 11.9. The van der Waals surface area contributed by atoms with E-state index in [0.717, 1.165) is 29.7 Å². The van der Waals surface area contributed by atoms with Gasteiger partial charge in [-0.3, -0.25) is 39.7 Å². The number of hydrogen-bond acceptors (Lipinski definition) is 6. The second-order valence-electron chi connectivity index (χ2n) is 8.69. The Kier molecular flexibility index (Phi) is 7.23. The largest absolute Gasteiger partial charge is 0.290 e. The molecule has 0 atom stereocenters. The minimum absolute atomic E-state index is 0.0118. The molecule has 36 heavy (non-hydrogen) atoms. The molecule has 0 radical (unpaired) electrons. The minimum Gasteiger partial charge on any atom is -0.274 e. The monoisotopic (exact) mass is 489 g/mol. The summed E-state index contributed by atoms with van der Waals surface area (Å²) in [5.41, 5.74) is 5.84. The topological polar surface area (TPSA) is 130 Å². The molecule has 1 aliphatic heterocycles. The van der Waals surface area contributed by atoms with Crippen LogP contribution in [0.5, 0.6) is 0 Å². The van der Waals surface area contributed by atoms with E-state index in [2.05, 4.69) is 16.0 Å². The van der Waals surface area contributed by atoms with Gasteiger partial charge in [-0.15, -0.1) is 0 Å². The van der Waals surface area contributed by atoms with Crippen LogP contribution in [0, 0.1) is 6.92 Å². The van der Waals surface area contributed by atoms with E-state index in [4.69, 9.17) is 0 Å². The predicted octanol–water partition coefficient (Wildman–Crippen LogP) is 2.34. The molecule has 0 aliphatic carbocycles. The van der Waals surface area contributed by atoms with Crippen LogP contribution in [0.25, 0.3) is 10.8 Å². The van der Waals surface area contributed by atoms with Crippen molar-refractivity contribution in [3.05, 3.63) is 75.2 Å². The Morgan fingerprint density at radius 1 is 0.889 bits per heavy atom. The molecule has 4 rings (SSSR count). The summed E-state index contributed by atoms with van der Waals surface area (Å²) >= 11 is 0. The second kappa shape index (κ2) is 10.5. The molecule has 2 N–H and O–H groups in total. The molecule has 186 valence electrons. The van der Waals surface area contributed by atoms with Crippen LogP contribution in [0.15, 0.2) is 47.3 Å². The van der Waals surface area contributed by atoms with Crippen LogP contribution in [0.4, 0.5) is 0 Å². The number of imide groups is 1. The minimum atomic E-state index is -0.681. The fraction of sp³-hybridized carbons (Fsp3) is 0.308. The number of nitrogens with zero attached hydrogens (tertiary/aromatic N) is 3. The molecule has 0 saturated heterocycles. The molecule has 0 spiro atoms. The number of nitrogens with one attached hydrogen (secondary N) is 2. The Labute approximate surface area is 207 Å². The highest BCUT2D eigenvalue weighted by Crippen LogP contribution is 2.24. The van der Waals surface area contributed by atoms with Crippen LogP contribution in [0.3, 0.4) is 0 Å². The molecule has 2 aromatic carbocycles. The Bertz CT molecular complexity index is 1430. The lowest BCUT2D eigenvalue weighted by molar-refractivity contribution is -0.121. The van der Waals surface area contributed by atoms with Gasteiger partial charge in [-0.05, 0) is 31.5 Å². The lowest BCUT2D eigenvalue weighted by Crippen LogP contribution is -2.44. The van der Waals surface area contributed by atoms with Crippen molar-refractivity contribution in [1.29, 1.82) is 0 Å². The number of hydrogen-bond donors (Lipinski definition) is 2. The molecule has 3 aromatic rings. The fourth-order valence-electron chi connectivity index (χ4n) is 4.14. The van der Waals surface area contributed by atoms with E-state index in [1.54, 1.807) is 42.5 Å². The molecule has 0 bridgehead atoms. The van der Waals surface area contributed by atoms with Gasteiger partial charge in [0.2, 0.25) is 5.91 Å². The molecule has 4 amide bonds. The van der Waals surface area contributed by atoms with Gasteiger partial charge in [-0.25, -0.2) is 4.68 Å². The molecular formula is C26H27N5O5. The lowest BCUT2D eigenvalue weighted by Gasteiger charge is -2.14. The number of aryl methyl sites for hydroxylation is 2. The summed E-state index contributed by atoms with van der Waals surface area (Å²) in [5.74, 6) is -2.17. The van der Waals surface area contributed by atoms with Gasteiger partial charge in [0, 0.05) is 24.9 Å². The Balaban J connectivity index is 1.41. The number of benzene rings is 2. The zero-order chi connectivity index (χ0) is 25.8. The standard InChI is InChI=1S/C26H27N5O5/c1-3-4-7-13-31-26(36)18-9-6-5-8-17(18)22(29-31)23(33)28-27-21(32)12-14-30-24(34)19-11-10-16(2)15-20(19)25(30)35/h5-6,8-11,15H,3-4,7,12-14H2,1-2H3,(H,27,32)(H,28,33). The number of fused-ring (bicyclic) bond motifs is 2. The van der Waals surface area contributed by atoms with Crippen molar-refractivity contribution in [2.45, 2.75) is 46.1 Å². The van der Waals surface area contributed by atoms with Crippen LogP contribution >= 0.6 is 0 Å². The number of carbonyl (C=O) groups is 4. The van der Waals surface area contributed by atoms with Gasteiger partial charge in [0.1, 0.15) is 0 Å². The lowest BCUT2D eigenvalue weighted by atomic mass is 10.1. The Hall–Kier alpha value is -4.34. The third-order valence-electron chi connectivity index (χ3n) is 6.06. The first kappa shape index (κ1) is 24.8. The summed E-state index contributed by atoms with van der Waals surface area (Å²) in [5, 5.41) is 4.99. The van der Waals surface area contributed by atoms with Gasteiger partial charge in [-0.2, -0.15) is 5.10 Å². The molecule has 0 unspecified atom stereocenters. The molecule has 0 fully saturated rings. The normalized spacial score (nSPS) is 12.7. The van der Waals surface area contributed by atoms with E-state index < -0.39 is 23.6 Å². The van der Waals surface area contributed by atoms with Crippen molar-refractivity contribution < 1.29 is 19.2 Å². The van der Waals surface area contributed by atoms with Gasteiger partial charge in [0.05, 0.1) is 16.5 Å². The fourth-order valence-corrected chi connectivity index (χ4v) is 4.14. The third kappa shape index (κ3) is 4.88. The first-order chi connectivity index (χ1) is 17.3. The van der Waals surface area contributed by atoms with Gasteiger partial charge < -0.3 is 0 Å². The van der Waals surface area contributed by atoms with E-state index >= 15 is 0 Å². The van der Waals surface area contributed by atoms with Crippen LogP contribution < -0.4 is 16.4 Å². The van der Waals surface area contributed by atoms with Gasteiger partial charge in [-0.1, -0.05) is 49.6 Å².